The summed E-state index contributed by atoms with van der Waals surface area (Å²) in [6, 6.07) is 0. The quantitative estimate of drug-likeness (QED) is 0.617. The van der Waals surface area contributed by atoms with Gasteiger partial charge in [0.05, 0.1) is 0 Å². The monoisotopic (exact) mass is 288 g/mol. The lowest BCUT2D eigenvalue weighted by Gasteiger charge is -2.17. The van der Waals surface area contributed by atoms with E-state index in [1.807, 2.05) is 19.0 Å². The third-order valence-electron chi connectivity index (χ3n) is 2.33. The minimum absolute atomic E-state index is 0.417. The zero-order valence-electron chi connectivity index (χ0n) is 12.0. The van der Waals surface area contributed by atoms with Crippen molar-refractivity contribution in [3.8, 4) is 0 Å². The summed E-state index contributed by atoms with van der Waals surface area (Å²) in [6.07, 6.45) is 1.21. The van der Waals surface area contributed by atoms with Gasteiger partial charge in [-0.15, -0.1) is 10.2 Å². The summed E-state index contributed by atoms with van der Waals surface area (Å²) < 4.78 is 1.05. The van der Waals surface area contributed by atoms with Crippen molar-refractivity contribution >= 4 is 28.2 Å². The summed E-state index contributed by atoms with van der Waals surface area (Å²) >= 11 is 3.42. The SMILES string of the molecule is CN(C)c1nnc(SCCNCCC(C)(C)C)s1. The lowest BCUT2D eigenvalue weighted by molar-refractivity contribution is 0.369. The first-order valence-electron chi connectivity index (χ1n) is 6.23. The van der Waals surface area contributed by atoms with Crippen molar-refractivity contribution in [1.82, 2.24) is 15.5 Å². The van der Waals surface area contributed by atoms with E-state index in [0.29, 0.717) is 5.41 Å². The smallest absolute Gasteiger partial charge is 0.208 e. The molecule has 0 radical (unpaired) electrons. The van der Waals surface area contributed by atoms with Crippen molar-refractivity contribution in [2.45, 2.75) is 31.5 Å². The molecule has 0 aromatic carbocycles. The predicted molar refractivity (Wildman–Crippen MR) is 81.9 cm³/mol. The van der Waals surface area contributed by atoms with E-state index in [1.165, 1.54) is 6.42 Å². The standard InChI is InChI=1S/C12H24N4S2/c1-12(2,3)6-7-13-8-9-17-11-15-14-10(18-11)16(4)5/h13H,6-9H2,1-5H3. The molecular weight excluding hydrogens is 264 g/mol. The van der Waals surface area contributed by atoms with E-state index in [2.05, 4.69) is 36.3 Å². The Morgan fingerprint density at radius 2 is 1.94 bits per heavy atom. The first-order valence-corrected chi connectivity index (χ1v) is 8.03. The van der Waals surface area contributed by atoms with Crippen LogP contribution in [0.5, 0.6) is 0 Å². The summed E-state index contributed by atoms with van der Waals surface area (Å²) in [5.41, 5.74) is 0.417. The van der Waals surface area contributed by atoms with Gasteiger partial charge in [0, 0.05) is 26.4 Å². The van der Waals surface area contributed by atoms with Crippen LogP contribution in [0.4, 0.5) is 5.13 Å². The molecule has 1 aromatic heterocycles. The zero-order chi connectivity index (χ0) is 13.6. The second-order valence-electron chi connectivity index (χ2n) is 5.65. The van der Waals surface area contributed by atoms with Gasteiger partial charge in [0.25, 0.3) is 0 Å². The Morgan fingerprint density at radius 1 is 1.22 bits per heavy atom. The summed E-state index contributed by atoms with van der Waals surface area (Å²) in [7, 11) is 3.98. The molecule has 1 N–H and O–H groups in total. The Bertz CT molecular complexity index is 344. The largest absolute Gasteiger partial charge is 0.353 e. The average Bonchev–Trinajstić information content (AvgIpc) is 2.70. The van der Waals surface area contributed by atoms with Crippen molar-refractivity contribution in [3.05, 3.63) is 0 Å². The molecule has 0 aliphatic rings. The molecule has 0 fully saturated rings. The third-order valence-corrected chi connectivity index (χ3v) is 4.56. The number of hydrogen-bond donors (Lipinski definition) is 1. The van der Waals surface area contributed by atoms with Gasteiger partial charge in [-0.25, -0.2) is 0 Å². The predicted octanol–water partition coefficient (Wildman–Crippen LogP) is 2.72. The third kappa shape index (κ3) is 6.56. The zero-order valence-corrected chi connectivity index (χ0v) is 13.6. The Balaban J connectivity index is 2.10. The van der Waals surface area contributed by atoms with Crippen LogP contribution in [0.1, 0.15) is 27.2 Å². The van der Waals surface area contributed by atoms with Gasteiger partial charge >= 0.3 is 0 Å². The first kappa shape index (κ1) is 15.7. The minimum Gasteiger partial charge on any atom is -0.353 e. The Hall–Kier alpha value is -0.330. The van der Waals surface area contributed by atoms with Crippen molar-refractivity contribution in [1.29, 1.82) is 0 Å². The van der Waals surface area contributed by atoms with Crippen molar-refractivity contribution in [3.63, 3.8) is 0 Å². The van der Waals surface area contributed by atoms with Crippen LogP contribution < -0.4 is 10.2 Å². The Labute approximate surface area is 119 Å². The molecular formula is C12H24N4S2. The summed E-state index contributed by atoms with van der Waals surface area (Å²) in [5.74, 6) is 1.05. The van der Waals surface area contributed by atoms with Gasteiger partial charge in [-0.3, -0.25) is 0 Å². The maximum atomic E-state index is 4.16. The molecule has 0 unspecified atom stereocenters. The lowest BCUT2D eigenvalue weighted by Crippen LogP contribution is -2.22. The molecule has 0 atom stereocenters. The number of aromatic nitrogens is 2. The molecule has 4 nitrogen and oxygen atoms in total. The van der Waals surface area contributed by atoms with Gasteiger partial charge in [-0.1, -0.05) is 43.9 Å². The molecule has 18 heavy (non-hydrogen) atoms. The highest BCUT2D eigenvalue weighted by atomic mass is 32.2. The van der Waals surface area contributed by atoms with E-state index in [9.17, 15) is 0 Å². The Morgan fingerprint density at radius 3 is 2.50 bits per heavy atom. The van der Waals surface area contributed by atoms with E-state index in [0.717, 1.165) is 28.3 Å². The molecule has 0 saturated carbocycles. The highest BCUT2D eigenvalue weighted by Gasteiger charge is 2.09. The van der Waals surface area contributed by atoms with Crippen LogP contribution in [0.25, 0.3) is 0 Å². The van der Waals surface area contributed by atoms with E-state index >= 15 is 0 Å². The number of rotatable bonds is 7. The van der Waals surface area contributed by atoms with Crippen LogP contribution in [-0.4, -0.2) is 43.1 Å². The fraction of sp³-hybridized carbons (Fsp3) is 0.833. The molecule has 6 heteroatoms. The summed E-state index contributed by atoms with van der Waals surface area (Å²) in [4.78, 5) is 1.99. The molecule has 0 bridgehead atoms. The fourth-order valence-electron chi connectivity index (χ4n) is 1.24. The molecule has 1 rings (SSSR count). The van der Waals surface area contributed by atoms with Crippen LogP contribution in [0.15, 0.2) is 4.34 Å². The molecule has 0 amide bonds. The molecule has 0 saturated heterocycles. The van der Waals surface area contributed by atoms with E-state index in [1.54, 1.807) is 23.1 Å². The maximum Gasteiger partial charge on any atom is 0.208 e. The molecule has 0 aliphatic heterocycles. The number of anilines is 1. The van der Waals surface area contributed by atoms with Gasteiger partial charge in [-0.2, -0.15) is 0 Å². The summed E-state index contributed by atoms with van der Waals surface area (Å²) in [5, 5.41) is 12.7. The molecule has 0 aliphatic carbocycles. The van der Waals surface area contributed by atoms with Crippen molar-refractivity contribution < 1.29 is 0 Å². The topological polar surface area (TPSA) is 41.1 Å². The first-order chi connectivity index (χ1) is 8.38. The Kier molecular flexibility index (Phi) is 6.38. The number of thioether (sulfide) groups is 1. The molecule has 104 valence electrons. The van der Waals surface area contributed by atoms with Crippen LogP contribution >= 0.6 is 23.1 Å². The van der Waals surface area contributed by atoms with E-state index in [-0.39, 0.29) is 0 Å². The highest BCUT2D eigenvalue weighted by Crippen LogP contribution is 2.26. The van der Waals surface area contributed by atoms with Gasteiger partial charge in [0.2, 0.25) is 5.13 Å². The second kappa shape index (κ2) is 7.31. The number of nitrogens with zero attached hydrogens (tertiary/aromatic N) is 3. The number of nitrogens with one attached hydrogen (secondary N) is 1. The van der Waals surface area contributed by atoms with Gasteiger partial charge in [0.15, 0.2) is 4.34 Å². The summed E-state index contributed by atoms with van der Waals surface area (Å²) in [6.45, 7) is 8.93. The van der Waals surface area contributed by atoms with Gasteiger partial charge < -0.3 is 10.2 Å². The van der Waals surface area contributed by atoms with Crippen LogP contribution in [-0.2, 0) is 0 Å². The molecule has 1 heterocycles. The van der Waals surface area contributed by atoms with Crippen LogP contribution in [0, 0.1) is 5.41 Å². The average molecular weight is 288 g/mol. The lowest BCUT2D eigenvalue weighted by atomic mass is 9.92. The highest BCUT2D eigenvalue weighted by molar-refractivity contribution is 8.01. The van der Waals surface area contributed by atoms with Crippen molar-refractivity contribution in [2.24, 2.45) is 5.41 Å². The van der Waals surface area contributed by atoms with Crippen LogP contribution in [0.2, 0.25) is 0 Å². The van der Waals surface area contributed by atoms with Crippen LogP contribution in [0.3, 0.4) is 0 Å². The molecule has 0 spiro atoms. The minimum atomic E-state index is 0.417. The van der Waals surface area contributed by atoms with E-state index in [4.69, 9.17) is 0 Å². The van der Waals surface area contributed by atoms with Gasteiger partial charge in [0.1, 0.15) is 0 Å². The second-order valence-corrected chi connectivity index (χ2v) is 7.95. The number of hydrogen-bond acceptors (Lipinski definition) is 6. The normalized spacial score (nSPS) is 11.8. The van der Waals surface area contributed by atoms with Crippen molar-refractivity contribution in [2.75, 3.05) is 37.8 Å². The van der Waals surface area contributed by atoms with Gasteiger partial charge in [-0.05, 0) is 18.4 Å². The molecule has 1 aromatic rings. The fourth-order valence-corrected chi connectivity index (χ4v) is 2.97. The van der Waals surface area contributed by atoms with E-state index < -0.39 is 0 Å². The maximum absolute atomic E-state index is 4.16.